The van der Waals surface area contributed by atoms with E-state index in [0.29, 0.717) is 10.6 Å². The molecule has 0 radical (unpaired) electrons. The van der Waals surface area contributed by atoms with E-state index in [4.69, 9.17) is 16.3 Å². The van der Waals surface area contributed by atoms with Gasteiger partial charge in [-0.15, -0.1) is 0 Å². The van der Waals surface area contributed by atoms with E-state index in [2.05, 4.69) is 0 Å². The summed E-state index contributed by atoms with van der Waals surface area (Å²) in [5.41, 5.74) is 0.987. The van der Waals surface area contributed by atoms with Gasteiger partial charge in [-0.3, -0.25) is 14.9 Å². The van der Waals surface area contributed by atoms with Crippen molar-refractivity contribution in [3.05, 3.63) is 111 Å². The number of hydrogen-bond donors (Lipinski definition) is 0. The number of non-ortho nitro benzene ring substituents is 1. The summed E-state index contributed by atoms with van der Waals surface area (Å²) < 4.78 is 5.21. The summed E-state index contributed by atoms with van der Waals surface area (Å²) in [6.45, 7) is 0. The van der Waals surface area contributed by atoms with Crippen LogP contribution in [0.3, 0.4) is 0 Å². The Labute approximate surface area is 171 Å². The zero-order valence-electron chi connectivity index (χ0n) is 14.9. The molecule has 29 heavy (non-hydrogen) atoms. The molecule has 0 bridgehead atoms. The Bertz CT molecular complexity index is 1110. The summed E-state index contributed by atoms with van der Waals surface area (Å²) >= 11 is 6.05. The molecule has 0 unspecified atom stereocenters. The Kier molecular flexibility index (Phi) is 6.16. The monoisotopic (exact) mass is 407 g/mol. The number of halogens is 1. The number of benzene rings is 3. The molecule has 6 nitrogen and oxygen atoms in total. The van der Waals surface area contributed by atoms with Crippen molar-refractivity contribution in [3.8, 4) is 5.75 Å². The quantitative estimate of drug-likeness (QED) is 0.137. The minimum atomic E-state index is -0.730. The molecule has 3 aromatic rings. The lowest BCUT2D eigenvalue weighted by atomic mass is 10.1. The molecular weight excluding hydrogens is 394 g/mol. The smallest absolute Gasteiger partial charge is 0.343 e. The van der Waals surface area contributed by atoms with E-state index in [-0.39, 0.29) is 22.8 Å². The van der Waals surface area contributed by atoms with Gasteiger partial charge in [-0.1, -0.05) is 35.9 Å². The van der Waals surface area contributed by atoms with Crippen LogP contribution in [-0.4, -0.2) is 16.7 Å². The first-order valence-electron chi connectivity index (χ1n) is 8.48. The van der Waals surface area contributed by atoms with E-state index in [0.717, 1.165) is 11.6 Å². The van der Waals surface area contributed by atoms with Gasteiger partial charge in [-0.2, -0.15) is 0 Å². The Hall–Kier alpha value is -3.77. The second-order valence-corrected chi connectivity index (χ2v) is 6.35. The highest BCUT2D eigenvalue weighted by atomic mass is 35.5. The van der Waals surface area contributed by atoms with Crippen molar-refractivity contribution in [1.82, 2.24) is 0 Å². The fraction of sp³-hybridized carbons (Fsp3) is 0. The molecule has 0 aliphatic carbocycles. The van der Waals surface area contributed by atoms with Gasteiger partial charge in [-0.25, -0.2) is 4.79 Å². The molecule has 7 heteroatoms. The van der Waals surface area contributed by atoms with Crippen LogP contribution in [0.5, 0.6) is 5.75 Å². The van der Waals surface area contributed by atoms with Gasteiger partial charge in [0.2, 0.25) is 0 Å². The second kappa shape index (κ2) is 8.95. The molecule has 144 valence electrons. The summed E-state index contributed by atoms with van der Waals surface area (Å²) in [4.78, 5) is 34.7. The summed E-state index contributed by atoms with van der Waals surface area (Å²) in [5, 5.41) is 11.3. The van der Waals surface area contributed by atoms with Crippen molar-refractivity contribution < 1.29 is 19.2 Å². The third kappa shape index (κ3) is 5.15. The van der Waals surface area contributed by atoms with E-state index in [1.54, 1.807) is 24.3 Å². The van der Waals surface area contributed by atoms with Crippen LogP contribution in [0.1, 0.15) is 26.3 Å². The van der Waals surface area contributed by atoms with Crippen molar-refractivity contribution in [2.75, 3.05) is 0 Å². The van der Waals surface area contributed by atoms with Gasteiger partial charge in [0.05, 0.1) is 10.5 Å². The van der Waals surface area contributed by atoms with Crippen molar-refractivity contribution in [2.24, 2.45) is 0 Å². The van der Waals surface area contributed by atoms with Gasteiger partial charge < -0.3 is 4.74 Å². The fourth-order valence-corrected chi connectivity index (χ4v) is 2.67. The zero-order chi connectivity index (χ0) is 20.8. The Morgan fingerprint density at radius 2 is 1.66 bits per heavy atom. The standard InChI is InChI=1S/C22H14ClNO5/c23-20-7-2-1-4-15(20)10-13-21(25)16-8-11-19(12-9-16)29-22(26)17-5-3-6-18(14-17)24(27)28/h1-14H/b13-10+. The molecule has 0 spiro atoms. The number of ether oxygens (including phenoxy) is 1. The Balaban J connectivity index is 1.67. The van der Waals surface area contributed by atoms with Crippen LogP contribution < -0.4 is 4.74 Å². The highest BCUT2D eigenvalue weighted by molar-refractivity contribution is 6.32. The van der Waals surface area contributed by atoms with E-state index in [1.807, 2.05) is 6.07 Å². The number of carbonyl (C=O) groups is 2. The van der Waals surface area contributed by atoms with E-state index >= 15 is 0 Å². The SMILES string of the molecule is O=C(/C=C/c1ccccc1Cl)c1ccc(OC(=O)c2cccc([N+](=O)[O-])c2)cc1. The maximum Gasteiger partial charge on any atom is 0.343 e. The molecule has 0 aromatic heterocycles. The minimum Gasteiger partial charge on any atom is -0.423 e. The first kappa shape index (κ1) is 20.0. The molecular formula is C22H14ClNO5. The number of nitro groups is 1. The second-order valence-electron chi connectivity index (χ2n) is 5.94. The molecule has 0 N–H and O–H groups in total. The molecule has 0 amide bonds. The molecule has 0 heterocycles. The third-order valence-corrected chi connectivity index (χ3v) is 4.31. The summed E-state index contributed by atoms with van der Waals surface area (Å²) in [5.74, 6) is -0.749. The molecule has 0 saturated carbocycles. The predicted octanol–water partition coefficient (Wildman–Crippen LogP) is 5.36. The highest BCUT2D eigenvalue weighted by Crippen LogP contribution is 2.19. The summed E-state index contributed by atoms with van der Waals surface area (Å²) in [6.07, 6.45) is 3.03. The van der Waals surface area contributed by atoms with Crippen LogP contribution in [-0.2, 0) is 0 Å². The molecule has 3 aromatic carbocycles. The minimum absolute atomic E-state index is 0.0574. The number of hydrogen-bond acceptors (Lipinski definition) is 5. The van der Waals surface area contributed by atoms with Crippen LogP contribution in [0.4, 0.5) is 5.69 Å². The lowest BCUT2D eigenvalue weighted by Crippen LogP contribution is -2.09. The predicted molar refractivity (Wildman–Crippen MR) is 109 cm³/mol. The van der Waals surface area contributed by atoms with Crippen LogP contribution in [0.25, 0.3) is 6.08 Å². The molecule has 0 aliphatic heterocycles. The van der Waals surface area contributed by atoms with Gasteiger partial charge in [-0.05, 0) is 54.1 Å². The number of ketones is 1. The fourth-order valence-electron chi connectivity index (χ4n) is 2.47. The van der Waals surface area contributed by atoms with Crippen molar-refractivity contribution in [3.63, 3.8) is 0 Å². The Morgan fingerprint density at radius 1 is 0.931 bits per heavy atom. The van der Waals surface area contributed by atoms with Crippen LogP contribution >= 0.6 is 11.6 Å². The number of allylic oxidation sites excluding steroid dienone is 1. The number of nitrogens with zero attached hydrogens (tertiary/aromatic N) is 1. The van der Waals surface area contributed by atoms with E-state index < -0.39 is 10.9 Å². The first-order chi connectivity index (χ1) is 13.9. The summed E-state index contributed by atoms with van der Waals surface area (Å²) in [7, 11) is 0. The van der Waals surface area contributed by atoms with Crippen LogP contribution in [0.2, 0.25) is 5.02 Å². The van der Waals surface area contributed by atoms with Gasteiger partial charge in [0.1, 0.15) is 5.75 Å². The molecule has 0 atom stereocenters. The van der Waals surface area contributed by atoms with Crippen LogP contribution in [0.15, 0.2) is 78.9 Å². The van der Waals surface area contributed by atoms with Crippen molar-refractivity contribution in [1.29, 1.82) is 0 Å². The topological polar surface area (TPSA) is 86.5 Å². The molecule has 0 aliphatic rings. The number of nitro benzene ring substituents is 1. The normalized spacial score (nSPS) is 10.7. The maximum absolute atomic E-state index is 12.3. The van der Waals surface area contributed by atoms with Crippen molar-refractivity contribution in [2.45, 2.75) is 0 Å². The van der Waals surface area contributed by atoms with Crippen LogP contribution in [0, 0.1) is 10.1 Å². The average molecular weight is 408 g/mol. The molecule has 0 saturated heterocycles. The van der Waals surface area contributed by atoms with Crippen molar-refractivity contribution >= 4 is 35.1 Å². The average Bonchev–Trinajstić information content (AvgIpc) is 2.73. The number of esters is 1. The van der Waals surface area contributed by atoms with E-state index in [9.17, 15) is 19.7 Å². The lowest BCUT2D eigenvalue weighted by Gasteiger charge is -2.05. The Morgan fingerprint density at radius 3 is 2.34 bits per heavy atom. The molecule has 0 fully saturated rings. The number of rotatable bonds is 6. The largest absolute Gasteiger partial charge is 0.423 e. The van der Waals surface area contributed by atoms with E-state index in [1.165, 1.54) is 48.5 Å². The first-order valence-corrected chi connectivity index (χ1v) is 8.85. The molecule has 3 rings (SSSR count). The number of carbonyl (C=O) groups excluding carboxylic acids is 2. The van der Waals surface area contributed by atoms with Gasteiger partial charge >= 0.3 is 5.97 Å². The lowest BCUT2D eigenvalue weighted by molar-refractivity contribution is -0.384. The highest BCUT2D eigenvalue weighted by Gasteiger charge is 2.13. The van der Waals surface area contributed by atoms with Gasteiger partial charge in [0.25, 0.3) is 5.69 Å². The zero-order valence-corrected chi connectivity index (χ0v) is 15.7. The van der Waals surface area contributed by atoms with Gasteiger partial charge in [0, 0.05) is 22.7 Å². The summed E-state index contributed by atoms with van der Waals surface area (Å²) in [6, 6.07) is 18.4. The maximum atomic E-state index is 12.3. The van der Waals surface area contributed by atoms with Gasteiger partial charge in [0.15, 0.2) is 5.78 Å². The third-order valence-electron chi connectivity index (χ3n) is 3.96.